The van der Waals surface area contributed by atoms with Gasteiger partial charge in [0, 0.05) is 40.5 Å². The Morgan fingerprint density at radius 1 is 1.03 bits per heavy atom. The summed E-state index contributed by atoms with van der Waals surface area (Å²) < 4.78 is 4.41. The lowest BCUT2D eigenvalue weighted by Gasteiger charge is -2.38. The summed E-state index contributed by atoms with van der Waals surface area (Å²) in [6, 6.07) is 12.6. The molecule has 6 rings (SSSR count). The van der Waals surface area contributed by atoms with Gasteiger partial charge in [0.15, 0.2) is 5.13 Å². The molecule has 0 amide bonds. The van der Waals surface area contributed by atoms with Gasteiger partial charge in [-0.2, -0.15) is 4.37 Å². The predicted molar refractivity (Wildman–Crippen MR) is 124 cm³/mol. The van der Waals surface area contributed by atoms with Gasteiger partial charge in [0.2, 0.25) is 5.13 Å². The van der Waals surface area contributed by atoms with Gasteiger partial charge in [-0.25, -0.2) is 9.97 Å². The average molecular weight is 438 g/mol. The molecule has 2 aromatic heterocycles. The summed E-state index contributed by atoms with van der Waals surface area (Å²) >= 11 is 3.45. The highest BCUT2D eigenvalue weighted by atomic mass is 32.1. The maximum atomic E-state index is 5.13. The first kappa shape index (κ1) is 18.8. The first-order chi connectivity index (χ1) is 14.7. The Morgan fingerprint density at radius 3 is 2.57 bits per heavy atom. The van der Waals surface area contributed by atoms with E-state index in [0.29, 0.717) is 24.0 Å². The van der Waals surface area contributed by atoms with Gasteiger partial charge >= 0.3 is 0 Å². The molecular weight excluding hydrogens is 410 g/mol. The van der Waals surface area contributed by atoms with E-state index in [1.54, 1.807) is 11.5 Å². The molecule has 156 valence electrons. The number of fused-ring (bicyclic) bond motifs is 3. The third kappa shape index (κ3) is 3.32. The van der Waals surface area contributed by atoms with Crippen molar-refractivity contribution in [2.75, 3.05) is 10.2 Å². The number of hydrogen-bond acceptors (Lipinski definition) is 7. The molecule has 0 spiro atoms. The number of nitrogens with zero attached hydrogens (tertiary/aromatic N) is 4. The molecule has 1 N–H and O–H groups in total. The highest BCUT2D eigenvalue weighted by molar-refractivity contribution is 7.15. The molecule has 4 heterocycles. The molecule has 3 aromatic rings. The van der Waals surface area contributed by atoms with Crippen LogP contribution in [0.1, 0.15) is 66.4 Å². The second-order valence-corrected chi connectivity index (χ2v) is 10.7. The summed E-state index contributed by atoms with van der Waals surface area (Å²) in [4.78, 5) is 13.8. The lowest BCUT2D eigenvalue weighted by atomic mass is 9.85. The number of rotatable bonds is 4. The number of piperidine rings is 1. The third-order valence-electron chi connectivity index (χ3n) is 6.95. The summed E-state index contributed by atoms with van der Waals surface area (Å²) in [5.41, 5.74) is 2.73. The minimum atomic E-state index is 0.459. The normalized spacial score (nSPS) is 27.8. The van der Waals surface area contributed by atoms with Gasteiger partial charge in [-0.05, 0) is 57.4 Å². The quantitative estimate of drug-likeness (QED) is 0.594. The molecule has 2 saturated heterocycles. The summed E-state index contributed by atoms with van der Waals surface area (Å²) in [5.74, 6) is 1.36. The van der Waals surface area contributed by atoms with Crippen molar-refractivity contribution in [3.8, 4) is 0 Å². The number of aryl methyl sites for hydroxylation is 2. The molecule has 3 unspecified atom stereocenters. The molecule has 0 saturated carbocycles. The van der Waals surface area contributed by atoms with Gasteiger partial charge in [0.05, 0.1) is 5.69 Å². The van der Waals surface area contributed by atoms with Crippen molar-refractivity contribution in [3.63, 3.8) is 0 Å². The monoisotopic (exact) mass is 437 g/mol. The molecule has 2 bridgehead atoms. The minimum absolute atomic E-state index is 0.459. The van der Waals surface area contributed by atoms with E-state index < -0.39 is 0 Å². The number of benzene rings is 1. The van der Waals surface area contributed by atoms with E-state index in [9.17, 15) is 0 Å². The highest BCUT2D eigenvalue weighted by Crippen LogP contribution is 2.43. The van der Waals surface area contributed by atoms with E-state index in [1.807, 2.05) is 18.3 Å². The van der Waals surface area contributed by atoms with E-state index in [1.165, 1.54) is 61.1 Å². The van der Waals surface area contributed by atoms with E-state index >= 15 is 0 Å². The van der Waals surface area contributed by atoms with E-state index in [-0.39, 0.29) is 0 Å². The average Bonchev–Trinajstić information content (AvgIpc) is 3.43. The number of aromatic nitrogens is 3. The Bertz CT molecular complexity index is 1020. The van der Waals surface area contributed by atoms with E-state index in [2.05, 4.69) is 49.9 Å². The minimum Gasteiger partial charge on any atom is -0.359 e. The van der Waals surface area contributed by atoms with Crippen LogP contribution in [0.2, 0.25) is 0 Å². The van der Waals surface area contributed by atoms with Gasteiger partial charge in [0.1, 0.15) is 5.82 Å². The molecule has 1 aromatic carbocycles. The third-order valence-corrected chi connectivity index (χ3v) is 8.84. The van der Waals surface area contributed by atoms with Crippen LogP contribution >= 0.6 is 22.9 Å². The molecular formula is C23H27N5S2. The van der Waals surface area contributed by atoms with Crippen molar-refractivity contribution in [3.05, 3.63) is 52.3 Å². The van der Waals surface area contributed by atoms with Crippen LogP contribution < -0.4 is 10.2 Å². The second kappa shape index (κ2) is 7.61. The number of anilines is 2. The summed E-state index contributed by atoms with van der Waals surface area (Å²) in [6.45, 7) is 1.99. The van der Waals surface area contributed by atoms with Gasteiger partial charge in [-0.15, -0.1) is 11.3 Å². The summed E-state index contributed by atoms with van der Waals surface area (Å²) in [7, 11) is 0. The number of hydrogen-bond donors (Lipinski definition) is 1. The Balaban J connectivity index is 1.19. The summed E-state index contributed by atoms with van der Waals surface area (Å²) in [6.07, 6.45) is 8.53. The molecule has 0 radical (unpaired) electrons. The largest absolute Gasteiger partial charge is 0.359 e. The fourth-order valence-corrected chi connectivity index (χ4v) is 7.62. The van der Waals surface area contributed by atoms with Gasteiger partial charge in [-0.3, -0.25) is 0 Å². The van der Waals surface area contributed by atoms with Gasteiger partial charge < -0.3 is 10.2 Å². The van der Waals surface area contributed by atoms with E-state index in [4.69, 9.17) is 4.98 Å². The Hall–Kier alpha value is -1.99. The molecule has 7 heteroatoms. The van der Waals surface area contributed by atoms with Crippen LogP contribution in [-0.2, 0) is 6.42 Å². The fourth-order valence-electron chi connectivity index (χ4n) is 5.66. The lowest BCUT2D eigenvalue weighted by Crippen LogP contribution is -2.47. The van der Waals surface area contributed by atoms with Gasteiger partial charge in [-0.1, -0.05) is 30.3 Å². The SMILES string of the molecule is Cc1nsc(N2C3CCC2CC(Nc2nc4c(s2)CCCC4c2ccccc2)C3)n1. The van der Waals surface area contributed by atoms with Crippen LogP contribution in [0.15, 0.2) is 30.3 Å². The van der Waals surface area contributed by atoms with Crippen molar-refractivity contribution >= 4 is 33.1 Å². The molecule has 2 aliphatic heterocycles. The standard InChI is InChI=1S/C23H27N5S2/c1-14-24-23(30-27-14)28-17-10-11-18(28)13-16(12-17)25-22-26-21-19(8-5-9-20(21)29-22)15-6-3-2-4-7-15/h2-4,6-7,16-19H,5,8-13H2,1H3,(H,25,26). The van der Waals surface area contributed by atoms with Gasteiger partial charge in [0.25, 0.3) is 0 Å². The zero-order valence-corrected chi connectivity index (χ0v) is 18.9. The maximum absolute atomic E-state index is 5.13. The van der Waals surface area contributed by atoms with Crippen molar-refractivity contribution in [1.29, 1.82) is 0 Å². The van der Waals surface area contributed by atoms with Crippen molar-refractivity contribution in [1.82, 2.24) is 14.3 Å². The van der Waals surface area contributed by atoms with Crippen LogP contribution in [0.25, 0.3) is 0 Å². The molecule has 3 aliphatic rings. The fraction of sp³-hybridized carbons (Fsp3) is 0.522. The lowest BCUT2D eigenvalue weighted by molar-refractivity contribution is 0.432. The second-order valence-electron chi connectivity index (χ2n) is 8.91. The number of nitrogens with one attached hydrogen (secondary N) is 1. The molecule has 1 aliphatic carbocycles. The van der Waals surface area contributed by atoms with Crippen LogP contribution in [0, 0.1) is 6.92 Å². The molecule has 30 heavy (non-hydrogen) atoms. The zero-order chi connectivity index (χ0) is 20.1. The predicted octanol–water partition coefficient (Wildman–Crippen LogP) is 5.38. The number of thiazole rings is 1. The molecule has 2 fully saturated rings. The highest BCUT2D eigenvalue weighted by Gasteiger charge is 2.42. The van der Waals surface area contributed by atoms with Crippen molar-refractivity contribution in [2.24, 2.45) is 0 Å². The molecule has 3 atom stereocenters. The topological polar surface area (TPSA) is 53.9 Å². The first-order valence-corrected chi connectivity index (χ1v) is 12.7. The Morgan fingerprint density at radius 2 is 1.83 bits per heavy atom. The van der Waals surface area contributed by atoms with E-state index in [0.717, 1.165) is 16.1 Å². The van der Waals surface area contributed by atoms with Crippen LogP contribution in [0.4, 0.5) is 10.3 Å². The van der Waals surface area contributed by atoms with Crippen LogP contribution in [-0.4, -0.2) is 32.5 Å². The Labute approximate surface area is 185 Å². The molecule has 5 nitrogen and oxygen atoms in total. The van der Waals surface area contributed by atoms with Crippen LogP contribution in [0.5, 0.6) is 0 Å². The Kier molecular flexibility index (Phi) is 4.76. The smallest absolute Gasteiger partial charge is 0.205 e. The van der Waals surface area contributed by atoms with Crippen molar-refractivity contribution in [2.45, 2.75) is 75.9 Å². The maximum Gasteiger partial charge on any atom is 0.205 e. The summed E-state index contributed by atoms with van der Waals surface area (Å²) in [5, 5.41) is 6.09. The zero-order valence-electron chi connectivity index (χ0n) is 17.3. The van der Waals surface area contributed by atoms with Crippen molar-refractivity contribution < 1.29 is 0 Å². The van der Waals surface area contributed by atoms with Crippen LogP contribution in [0.3, 0.4) is 0 Å². The first-order valence-electron chi connectivity index (χ1n) is 11.1.